The average molecular weight is 459 g/mol. The van der Waals surface area contributed by atoms with E-state index >= 15 is 4.39 Å². The van der Waals surface area contributed by atoms with E-state index in [1.807, 2.05) is 0 Å². The molecule has 1 aromatic carbocycles. The van der Waals surface area contributed by atoms with Gasteiger partial charge in [0.15, 0.2) is 5.82 Å². The molecule has 8 nitrogen and oxygen atoms in total. The zero-order valence-corrected chi connectivity index (χ0v) is 18.9. The number of amides is 1. The number of carbonyl (C=O) groups is 2. The molecule has 174 valence electrons. The van der Waals surface area contributed by atoms with Crippen LogP contribution < -0.4 is 10.5 Å². The maximum absolute atomic E-state index is 15.0. The summed E-state index contributed by atoms with van der Waals surface area (Å²) in [5.41, 5.74) is -0.785. The molecule has 0 fully saturated rings. The number of hydrogen-bond acceptors (Lipinski definition) is 5. The molecule has 0 saturated heterocycles. The molecule has 0 radical (unpaired) electrons. The molecule has 0 spiro atoms. The zero-order valence-electron chi connectivity index (χ0n) is 18.9. The van der Waals surface area contributed by atoms with Crippen LogP contribution in [0.5, 0.6) is 0 Å². The quantitative estimate of drug-likeness (QED) is 0.533. The summed E-state index contributed by atoms with van der Waals surface area (Å²) >= 11 is 0. The van der Waals surface area contributed by atoms with Crippen molar-refractivity contribution in [3.63, 3.8) is 0 Å². The summed E-state index contributed by atoms with van der Waals surface area (Å²) in [5, 5.41) is 0.307. The Balaban J connectivity index is 2.09. The Bertz CT molecular complexity index is 1370. The number of hydrogen-bond donors (Lipinski definition) is 0. The van der Waals surface area contributed by atoms with E-state index in [0.717, 1.165) is 15.5 Å². The van der Waals surface area contributed by atoms with E-state index in [1.54, 1.807) is 27.7 Å². The van der Waals surface area contributed by atoms with Gasteiger partial charge >= 0.3 is 12.2 Å². The van der Waals surface area contributed by atoms with Gasteiger partial charge in [-0.1, -0.05) is 0 Å². The van der Waals surface area contributed by atoms with Crippen molar-refractivity contribution in [1.29, 1.82) is 0 Å². The Labute approximate surface area is 187 Å². The van der Waals surface area contributed by atoms with Crippen molar-refractivity contribution in [3.8, 4) is 11.1 Å². The molecule has 0 unspecified atom stereocenters. The molecule has 1 aliphatic rings. The molecule has 0 bridgehead atoms. The van der Waals surface area contributed by atoms with Gasteiger partial charge in [0.05, 0.1) is 18.8 Å². The van der Waals surface area contributed by atoms with Crippen LogP contribution in [-0.2, 0) is 23.1 Å². The molecular weight excluding hydrogens is 436 g/mol. The van der Waals surface area contributed by atoms with Crippen molar-refractivity contribution in [2.75, 3.05) is 11.5 Å². The number of aryl methyl sites for hydroxylation is 1. The third-order valence-electron chi connectivity index (χ3n) is 5.19. The normalized spacial score (nSPS) is 13.0. The van der Waals surface area contributed by atoms with Gasteiger partial charge in [0.1, 0.15) is 16.9 Å². The Morgan fingerprint density at radius 1 is 1.09 bits per heavy atom. The van der Waals surface area contributed by atoms with E-state index in [1.165, 1.54) is 24.0 Å². The fraction of sp³-hybridized carbons (Fsp3) is 0.348. The summed E-state index contributed by atoms with van der Waals surface area (Å²) < 4.78 is 42.2. The topological polar surface area (TPSA) is 82.8 Å². The maximum Gasteiger partial charge on any atom is 0.419 e. The Morgan fingerprint density at radius 3 is 2.42 bits per heavy atom. The number of rotatable bonds is 1. The number of benzene rings is 1. The van der Waals surface area contributed by atoms with Crippen molar-refractivity contribution < 1.29 is 27.8 Å². The van der Waals surface area contributed by atoms with E-state index in [9.17, 15) is 18.8 Å². The Hall–Kier alpha value is -3.69. The molecule has 10 heteroatoms. The van der Waals surface area contributed by atoms with Crippen LogP contribution in [0.25, 0.3) is 22.0 Å². The minimum atomic E-state index is -0.953. The first-order valence-electron chi connectivity index (χ1n) is 10.3. The number of ether oxygens (including phenoxy) is 2. The second-order valence-electron chi connectivity index (χ2n) is 8.76. The van der Waals surface area contributed by atoms with Gasteiger partial charge in [0.2, 0.25) is 0 Å². The van der Waals surface area contributed by atoms with Gasteiger partial charge in [0.25, 0.3) is 5.56 Å². The van der Waals surface area contributed by atoms with Gasteiger partial charge in [-0.3, -0.25) is 9.69 Å². The molecule has 3 heterocycles. The molecule has 1 amide bonds. The number of halogens is 2. The van der Waals surface area contributed by atoms with E-state index < -0.39 is 35.0 Å². The van der Waals surface area contributed by atoms with Gasteiger partial charge in [0, 0.05) is 42.0 Å². The smallest absolute Gasteiger partial charge is 0.419 e. The highest BCUT2D eigenvalue weighted by atomic mass is 19.1. The third kappa shape index (κ3) is 3.75. The number of pyridine rings is 1. The molecule has 3 aromatic rings. The molecule has 0 N–H and O–H groups in total. The molecule has 1 aliphatic heterocycles. The maximum atomic E-state index is 15.0. The molecule has 0 saturated carbocycles. The van der Waals surface area contributed by atoms with E-state index in [-0.39, 0.29) is 29.9 Å². The predicted octanol–water partition coefficient (Wildman–Crippen LogP) is 4.54. The molecule has 2 aromatic heterocycles. The molecule has 4 rings (SSSR count). The summed E-state index contributed by atoms with van der Waals surface area (Å²) in [6, 6.07) is 1.77. The van der Waals surface area contributed by atoms with Crippen molar-refractivity contribution in [3.05, 3.63) is 52.1 Å². The lowest BCUT2D eigenvalue weighted by molar-refractivity contribution is 0.0544. The van der Waals surface area contributed by atoms with Crippen LogP contribution in [-0.4, -0.2) is 33.5 Å². The van der Waals surface area contributed by atoms with Crippen molar-refractivity contribution in [1.82, 2.24) is 9.13 Å². The van der Waals surface area contributed by atoms with Crippen LogP contribution in [0, 0.1) is 11.6 Å². The standard InChI is InChI=1S/C23H23F2N3O5/c1-6-32-21(30)27-9-12-10-28(22(31)33-23(2,3)4)19-17(12)15(11-26(5)20(19)29)14-7-13(24)8-16(25)18(14)27/h7-8,10-11H,6,9H2,1-5H3. The first-order chi connectivity index (χ1) is 15.4. The SMILES string of the molecule is CCOC(=O)N1Cc2cn(C(=O)OC(C)(C)C)c3c(=O)n(C)cc(c23)-c2cc(F)cc(F)c21. The molecule has 33 heavy (non-hydrogen) atoms. The highest BCUT2D eigenvalue weighted by Crippen LogP contribution is 2.43. The van der Waals surface area contributed by atoms with Gasteiger partial charge in [-0.2, -0.15) is 0 Å². The Morgan fingerprint density at radius 2 is 1.79 bits per heavy atom. The Kier molecular flexibility index (Phi) is 5.26. The third-order valence-corrected chi connectivity index (χ3v) is 5.19. The van der Waals surface area contributed by atoms with Gasteiger partial charge < -0.3 is 14.0 Å². The van der Waals surface area contributed by atoms with Crippen LogP contribution in [0.2, 0.25) is 0 Å². The van der Waals surface area contributed by atoms with Crippen LogP contribution in [0.15, 0.2) is 29.3 Å². The fourth-order valence-corrected chi connectivity index (χ4v) is 3.98. The first-order valence-corrected chi connectivity index (χ1v) is 10.3. The lowest BCUT2D eigenvalue weighted by Crippen LogP contribution is -2.32. The van der Waals surface area contributed by atoms with Crippen molar-refractivity contribution in [2.24, 2.45) is 7.05 Å². The summed E-state index contributed by atoms with van der Waals surface area (Å²) in [6.07, 6.45) is 1.18. The van der Waals surface area contributed by atoms with Crippen molar-refractivity contribution >= 4 is 28.8 Å². The van der Waals surface area contributed by atoms with Crippen LogP contribution >= 0.6 is 0 Å². The lowest BCUT2D eigenvalue weighted by Gasteiger charge is -2.23. The minimum Gasteiger partial charge on any atom is -0.449 e. The molecular formula is C23H23F2N3O5. The number of fused-ring (bicyclic) bond motifs is 2. The highest BCUT2D eigenvalue weighted by Gasteiger charge is 2.33. The van der Waals surface area contributed by atoms with Crippen LogP contribution in [0.1, 0.15) is 33.3 Å². The average Bonchev–Trinajstić information content (AvgIpc) is 3.01. The second-order valence-corrected chi connectivity index (χ2v) is 8.76. The van der Waals surface area contributed by atoms with Gasteiger partial charge in [-0.25, -0.2) is 22.9 Å². The van der Waals surface area contributed by atoms with Gasteiger partial charge in [-0.05, 0) is 39.3 Å². The summed E-state index contributed by atoms with van der Waals surface area (Å²) in [6.45, 7) is 6.50. The number of nitrogens with zero attached hydrogens (tertiary/aromatic N) is 3. The first kappa shape index (κ1) is 22.5. The van der Waals surface area contributed by atoms with Crippen molar-refractivity contribution in [2.45, 2.75) is 39.8 Å². The number of carbonyl (C=O) groups excluding carboxylic acids is 2. The summed E-state index contributed by atoms with van der Waals surface area (Å²) in [5.74, 6) is -1.81. The zero-order chi connectivity index (χ0) is 24.2. The molecule has 0 atom stereocenters. The molecule has 0 aliphatic carbocycles. The summed E-state index contributed by atoms with van der Waals surface area (Å²) in [4.78, 5) is 39.8. The van der Waals surface area contributed by atoms with Gasteiger partial charge in [-0.15, -0.1) is 0 Å². The monoisotopic (exact) mass is 459 g/mol. The minimum absolute atomic E-state index is 0.0134. The van der Waals surface area contributed by atoms with Crippen LogP contribution in [0.3, 0.4) is 0 Å². The van der Waals surface area contributed by atoms with Crippen LogP contribution in [0.4, 0.5) is 24.1 Å². The van der Waals surface area contributed by atoms with E-state index in [0.29, 0.717) is 22.6 Å². The van der Waals surface area contributed by atoms with E-state index in [4.69, 9.17) is 9.47 Å². The number of aromatic nitrogens is 2. The lowest BCUT2D eigenvalue weighted by atomic mass is 10.0. The highest BCUT2D eigenvalue weighted by molar-refractivity contribution is 6.07. The largest absolute Gasteiger partial charge is 0.449 e. The predicted molar refractivity (Wildman–Crippen MR) is 117 cm³/mol. The second kappa shape index (κ2) is 7.72. The summed E-state index contributed by atoms with van der Waals surface area (Å²) in [7, 11) is 1.47. The van der Waals surface area contributed by atoms with E-state index in [2.05, 4.69) is 0 Å². The number of anilines is 1. The fourth-order valence-electron chi connectivity index (χ4n) is 3.98.